The van der Waals surface area contributed by atoms with Gasteiger partial charge in [0.1, 0.15) is 17.4 Å². The molecular formula is C19H26N6O2. The van der Waals surface area contributed by atoms with E-state index in [0.717, 1.165) is 44.1 Å². The van der Waals surface area contributed by atoms with Gasteiger partial charge in [-0.2, -0.15) is 0 Å². The van der Waals surface area contributed by atoms with Crippen molar-refractivity contribution >= 4 is 5.91 Å². The Morgan fingerprint density at radius 2 is 1.93 bits per heavy atom. The molecule has 2 fully saturated rings. The number of carbonyl (C=O) groups is 1. The van der Waals surface area contributed by atoms with Gasteiger partial charge >= 0.3 is 0 Å². The Balaban J connectivity index is 1.38. The molecule has 0 aliphatic carbocycles. The lowest BCUT2D eigenvalue weighted by Gasteiger charge is -2.31. The fourth-order valence-electron chi connectivity index (χ4n) is 4.06. The molecular weight excluding hydrogens is 344 g/mol. The van der Waals surface area contributed by atoms with Crippen LogP contribution in [0.25, 0.3) is 0 Å². The van der Waals surface area contributed by atoms with Crippen LogP contribution in [0.15, 0.2) is 18.3 Å². The van der Waals surface area contributed by atoms with E-state index in [1.54, 1.807) is 11.0 Å². The SMILES string of the molecule is Cn1c(CN2CCCC2)nnc1C1CCN(C(=O)c2ncccc2O)CC1. The topological polar surface area (TPSA) is 87.4 Å². The van der Waals surface area contributed by atoms with E-state index in [0.29, 0.717) is 19.0 Å². The first-order valence-electron chi connectivity index (χ1n) is 9.67. The van der Waals surface area contributed by atoms with Gasteiger partial charge in [-0.1, -0.05) is 0 Å². The van der Waals surface area contributed by atoms with Crippen LogP contribution < -0.4 is 0 Å². The van der Waals surface area contributed by atoms with E-state index in [1.807, 2.05) is 7.05 Å². The van der Waals surface area contributed by atoms with Crippen LogP contribution in [-0.4, -0.2) is 66.7 Å². The second-order valence-corrected chi connectivity index (χ2v) is 7.45. The van der Waals surface area contributed by atoms with E-state index in [9.17, 15) is 9.90 Å². The Labute approximate surface area is 158 Å². The van der Waals surface area contributed by atoms with Gasteiger partial charge in [0, 0.05) is 32.3 Å². The van der Waals surface area contributed by atoms with Crippen LogP contribution in [0.5, 0.6) is 5.75 Å². The molecule has 0 bridgehead atoms. The second kappa shape index (κ2) is 7.64. The first kappa shape index (κ1) is 17.9. The lowest BCUT2D eigenvalue weighted by Crippen LogP contribution is -2.38. The molecule has 2 aromatic rings. The highest BCUT2D eigenvalue weighted by Crippen LogP contribution is 2.28. The highest BCUT2D eigenvalue weighted by molar-refractivity contribution is 5.94. The van der Waals surface area contributed by atoms with Crippen LogP contribution in [0.1, 0.15) is 53.7 Å². The molecule has 2 aliphatic heterocycles. The van der Waals surface area contributed by atoms with Gasteiger partial charge < -0.3 is 14.6 Å². The van der Waals surface area contributed by atoms with E-state index < -0.39 is 0 Å². The molecule has 8 nitrogen and oxygen atoms in total. The molecule has 8 heteroatoms. The summed E-state index contributed by atoms with van der Waals surface area (Å²) in [6.07, 6.45) is 5.75. The number of pyridine rings is 1. The number of nitrogens with zero attached hydrogens (tertiary/aromatic N) is 6. The maximum atomic E-state index is 12.6. The molecule has 27 heavy (non-hydrogen) atoms. The minimum Gasteiger partial charge on any atom is -0.505 e. The number of carbonyl (C=O) groups excluding carboxylic acids is 1. The van der Waals surface area contributed by atoms with Crippen LogP contribution in [0.3, 0.4) is 0 Å². The molecule has 2 aliphatic rings. The fraction of sp³-hybridized carbons (Fsp3) is 0.579. The van der Waals surface area contributed by atoms with E-state index in [1.165, 1.54) is 25.1 Å². The summed E-state index contributed by atoms with van der Waals surface area (Å²) in [7, 11) is 2.05. The third kappa shape index (κ3) is 3.66. The van der Waals surface area contributed by atoms with E-state index >= 15 is 0 Å². The van der Waals surface area contributed by atoms with Crippen molar-refractivity contribution in [2.75, 3.05) is 26.2 Å². The van der Waals surface area contributed by atoms with Crippen molar-refractivity contribution < 1.29 is 9.90 Å². The average Bonchev–Trinajstić information content (AvgIpc) is 3.33. The van der Waals surface area contributed by atoms with Gasteiger partial charge in [0.05, 0.1) is 6.54 Å². The molecule has 0 atom stereocenters. The minimum atomic E-state index is -0.209. The van der Waals surface area contributed by atoms with Crippen molar-refractivity contribution in [1.82, 2.24) is 29.5 Å². The summed E-state index contributed by atoms with van der Waals surface area (Å²) in [5.41, 5.74) is 0.127. The summed E-state index contributed by atoms with van der Waals surface area (Å²) in [5.74, 6) is 2.06. The van der Waals surface area contributed by atoms with Crippen LogP contribution >= 0.6 is 0 Å². The molecule has 1 amide bonds. The van der Waals surface area contributed by atoms with Crippen molar-refractivity contribution in [1.29, 1.82) is 0 Å². The zero-order valence-electron chi connectivity index (χ0n) is 15.7. The average molecular weight is 370 g/mol. The standard InChI is InChI=1S/C19H26N6O2/c1-23-16(13-24-9-2-3-10-24)21-22-18(23)14-6-11-25(12-7-14)19(27)17-15(26)5-4-8-20-17/h4-5,8,14,26H,2-3,6-7,9-13H2,1H3. The van der Waals surface area contributed by atoms with Crippen LogP contribution in [0, 0.1) is 0 Å². The summed E-state index contributed by atoms with van der Waals surface area (Å²) in [6, 6.07) is 3.11. The fourth-order valence-corrected chi connectivity index (χ4v) is 4.06. The van der Waals surface area contributed by atoms with Crippen molar-refractivity contribution in [2.45, 2.75) is 38.1 Å². The molecule has 144 valence electrons. The number of amides is 1. The van der Waals surface area contributed by atoms with Gasteiger partial charge in [0.15, 0.2) is 5.69 Å². The normalized spacial score (nSPS) is 18.9. The van der Waals surface area contributed by atoms with Gasteiger partial charge in [0.25, 0.3) is 5.91 Å². The van der Waals surface area contributed by atoms with Crippen molar-refractivity contribution in [2.24, 2.45) is 7.05 Å². The summed E-state index contributed by atoms with van der Waals surface area (Å²) in [6.45, 7) is 4.41. The molecule has 1 N–H and O–H groups in total. The predicted octanol–water partition coefficient (Wildman–Crippen LogP) is 1.53. The highest BCUT2D eigenvalue weighted by atomic mass is 16.3. The predicted molar refractivity (Wildman–Crippen MR) is 99.3 cm³/mol. The highest BCUT2D eigenvalue weighted by Gasteiger charge is 2.29. The third-order valence-electron chi connectivity index (χ3n) is 5.70. The molecule has 2 saturated heterocycles. The minimum absolute atomic E-state index is 0.0653. The summed E-state index contributed by atoms with van der Waals surface area (Å²) in [5, 5.41) is 18.7. The Morgan fingerprint density at radius 3 is 2.63 bits per heavy atom. The lowest BCUT2D eigenvalue weighted by molar-refractivity contribution is 0.0701. The third-order valence-corrected chi connectivity index (χ3v) is 5.70. The van der Waals surface area contributed by atoms with Crippen molar-refractivity contribution in [3.8, 4) is 5.75 Å². The number of aromatic hydroxyl groups is 1. The van der Waals surface area contributed by atoms with Crippen molar-refractivity contribution in [3.63, 3.8) is 0 Å². The maximum absolute atomic E-state index is 12.6. The second-order valence-electron chi connectivity index (χ2n) is 7.45. The zero-order chi connectivity index (χ0) is 18.8. The molecule has 2 aromatic heterocycles. The first-order valence-corrected chi connectivity index (χ1v) is 9.67. The van der Waals surface area contributed by atoms with Crippen LogP contribution in [0.4, 0.5) is 0 Å². The number of hydrogen-bond donors (Lipinski definition) is 1. The van der Waals surface area contributed by atoms with Gasteiger partial charge in [-0.05, 0) is 50.9 Å². The largest absolute Gasteiger partial charge is 0.505 e. The maximum Gasteiger partial charge on any atom is 0.276 e. The smallest absolute Gasteiger partial charge is 0.276 e. The number of piperidine rings is 1. The molecule has 4 rings (SSSR count). The zero-order valence-corrected chi connectivity index (χ0v) is 15.7. The number of hydrogen-bond acceptors (Lipinski definition) is 6. The van der Waals surface area contributed by atoms with Gasteiger partial charge in [0.2, 0.25) is 0 Å². The molecule has 0 saturated carbocycles. The van der Waals surface area contributed by atoms with Crippen LogP contribution in [0.2, 0.25) is 0 Å². The quantitative estimate of drug-likeness (QED) is 0.878. The molecule has 0 spiro atoms. The first-order chi connectivity index (χ1) is 13.1. The van der Waals surface area contributed by atoms with Gasteiger partial charge in [-0.3, -0.25) is 9.69 Å². The molecule has 0 radical (unpaired) electrons. The Morgan fingerprint density at radius 1 is 1.19 bits per heavy atom. The monoisotopic (exact) mass is 370 g/mol. The Hall–Kier alpha value is -2.48. The lowest BCUT2D eigenvalue weighted by atomic mass is 9.95. The van der Waals surface area contributed by atoms with Crippen molar-refractivity contribution in [3.05, 3.63) is 35.7 Å². The van der Waals surface area contributed by atoms with E-state index in [-0.39, 0.29) is 17.4 Å². The van der Waals surface area contributed by atoms with Crippen LogP contribution in [-0.2, 0) is 13.6 Å². The van der Waals surface area contributed by atoms with Gasteiger partial charge in [-0.15, -0.1) is 10.2 Å². The van der Waals surface area contributed by atoms with Gasteiger partial charge in [-0.25, -0.2) is 4.98 Å². The molecule has 0 aromatic carbocycles. The number of likely N-dealkylation sites (tertiary alicyclic amines) is 2. The summed E-state index contributed by atoms with van der Waals surface area (Å²) < 4.78 is 2.13. The summed E-state index contributed by atoms with van der Waals surface area (Å²) in [4.78, 5) is 20.8. The Kier molecular flexibility index (Phi) is 5.07. The van der Waals surface area contributed by atoms with E-state index in [4.69, 9.17) is 0 Å². The molecule has 0 unspecified atom stereocenters. The Bertz CT molecular complexity index is 806. The number of rotatable bonds is 4. The summed E-state index contributed by atoms with van der Waals surface area (Å²) >= 11 is 0. The van der Waals surface area contributed by atoms with E-state index in [2.05, 4.69) is 24.6 Å². The number of aromatic nitrogens is 4. The molecule has 4 heterocycles.